The summed E-state index contributed by atoms with van der Waals surface area (Å²) in [5.41, 5.74) is 0.658. The third kappa shape index (κ3) is 5.32. The molecule has 1 amide bonds. The van der Waals surface area contributed by atoms with Gasteiger partial charge in [0.15, 0.2) is 6.61 Å². The van der Waals surface area contributed by atoms with Gasteiger partial charge >= 0.3 is 5.97 Å². The minimum Gasteiger partial charge on any atom is -0.467 e. The maximum absolute atomic E-state index is 12.8. The van der Waals surface area contributed by atoms with Gasteiger partial charge in [0.05, 0.1) is 29.0 Å². The quantitative estimate of drug-likeness (QED) is 0.498. The van der Waals surface area contributed by atoms with Gasteiger partial charge in [-0.25, -0.2) is 13.2 Å². The Morgan fingerprint density at radius 1 is 0.935 bits per heavy atom. The number of para-hydroxylation sites is 1. The molecule has 2 aromatic carbocycles. The second-order valence-corrected chi connectivity index (χ2v) is 8.71. The summed E-state index contributed by atoms with van der Waals surface area (Å²) in [6.07, 6.45) is 1.51. The second-order valence-electron chi connectivity index (χ2n) is 6.74. The van der Waals surface area contributed by atoms with E-state index < -0.39 is 28.5 Å². The van der Waals surface area contributed by atoms with Crippen LogP contribution in [0.25, 0.3) is 0 Å². The van der Waals surface area contributed by atoms with Crippen LogP contribution in [0.5, 0.6) is 0 Å². The lowest BCUT2D eigenvalue weighted by Crippen LogP contribution is -2.30. The highest BCUT2D eigenvalue weighted by molar-refractivity contribution is 7.92. The van der Waals surface area contributed by atoms with Crippen LogP contribution in [0.3, 0.4) is 0 Å². The molecule has 0 saturated heterocycles. The van der Waals surface area contributed by atoms with Gasteiger partial charge in [0.25, 0.3) is 15.9 Å². The number of hydrogen-bond donors (Lipinski definition) is 0. The summed E-state index contributed by atoms with van der Waals surface area (Å²) >= 11 is 0. The van der Waals surface area contributed by atoms with E-state index >= 15 is 0 Å². The molecule has 0 aliphatic heterocycles. The Morgan fingerprint density at radius 3 is 2.23 bits per heavy atom. The number of rotatable bonds is 8. The van der Waals surface area contributed by atoms with Gasteiger partial charge in [-0.1, -0.05) is 18.2 Å². The van der Waals surface area contributed by atoms with E-state index in [4.69, 9.17) is 9.15 Å². The monoisotopic (exact) mass is 442 g/mol. The summed E-state index contributed by atoms with van der Waals surface area (Å²) in [4.78, 5) is 25.8. The smallest absolute Gasteiger partial charge is 0.338 e. The number of nitrogens with zero attached hydrogens (tertiary/aromatic N) is 2. The third-order valence-corrected chi connectivity index (χ3v) is 6.39. The fourth-order valence-electron chi connectivity index (χ4n) is 2.74. The molecule has 0 aliphatic carbocycles. The molecular weight excluding hydrogens is 420 g/mol. The minimum absolute atomic E-state index is 0.0321. The molecule has 0 N–H and O–H groups in total. The van der Waals surface area contributed by atoms with Crippen molar-refractivity contribution in [2.45, 2.75) is 11.4 Å². The standard InChI is InChI=1S/C22H22N2O6S/c1-23(15-19-9-6-14-29-19)21(25)16-30-22(26)17-10-12-20(13-11-17)31(27,28)24(2)18-7-4-3-5-8-18/h3-14H,15-16H2,1-2H3. The van der Waals surface area contributed by atoms with E-state index in [9.17, 15) is 18.0 Å². The lowest BCUT2D eigenvalue weighted by molar-refractivity contribution is -0.133. The summed E-state index contributed by atoms with van der Waals surface area (Å²) in [7, 11) is -0.758. The Morgan fingerprint density at radius 2 is 1.61 bits per heavy atom. The average Bonchev–Trinajstić information content (AvgIpc) is 3.30. The number of furan rings is 1. The molecule has 31 heavy (non-hydrogen) atoms. The molecule has 0 aliphatic rings. The van der Waals surface area contributed by atoms with E-state index in [1.165, 1.54) is 42.5 Å². The van der Waals surface area contributed by atoms with E-state index in [1.54, 1.807) is 49.5 Å². The van der Waals surface area contributed by atoms with Gasteiger partial charge in [0, 0.05) is 14.1 Å². The largest absolute Gasteiger partial charge is 0.467 e. The number of anilines is 1. The van der Waals surface area contributed by atoms with E-state index in [0.717, 1.165) is 4.31 Å². The van der Waals surface area contributed by atoms with Gasteiger partial charge in [-0.15, -0.1) is 0 Å². The summed E-state index contributed by atoms with van der Waals surface area (Å²) in [5, 5.41) is 0. The molecule has 9 heteroatoms. The van der Waals surface area contributed by atoms with Crippen LogP contribution in [-0.4, -0.2) is 45.9 Å². The highest BCUT2D eigenvalue weighted by atomic mass is 32.2. The van der Waals surface area contributed by atoms with Crippen LogP contribution in [0.4, 0.5) is 5.69 Å². The number of benzene rings is 2. The fraction of sp³-hybridized carbons (Fsp3) is 0.182. The molecule has 0 radical (unpaired) electrons. The molecule has 0 spiro atoms. The van der Waals surface area contributed by atoms with Crippen molar-refractivity contribution < 1.29 is 27.2 Å². The van der Waals surface area contributed by atoms with Crippen molar-refractivity contribution in [2.24, 2.45) is 0 Å². The van der Waals surface area contributed by atoms with Gasteiger partial charge < -0.3 is 14.1 Å². The maximum Gasteiger partial charge on any atom is 0.338 e. The van der Waals surface area contributed by atoms with E-state index in [0.29, 0.717) is 11.4 Å². The van der Waals surface area contributed by atoms with E-state index in [2.05, 4.69) is 0 Å². The van der Waals surface area contributed by atoms with Crippen molar-refractivity contribution in [3.8, 4) is 0 Å². The lowest BCUT2D eigenvalue weighted by atomic mass is 10.2. The first kappa shape index (κ1) is 22.1. The Balaban J connectivity index is 1.60. The van der Waals surface area contributed by atoms with Gasteiger partial charge in [0.2, 0.25) is 0 Å². The molecule has 0 bridgehead atoms. The van der Waals surface area contributed by atoms with Crippen LogP contribution < -0.4 is 4.31 Å². The van der Waals surface area contributed by atoms with Gasteiger partial charge in [0.1, 0.15) is 5.76 Å². The number of ether oxygens (including phenoxy) is 1. The normalized spacial score (nSPS) is 11.0. The summed E-state index contributed by atoms with van der Waals surface area (Å²) < 4.78 is 37.0. The number of sulfonamides is 1. The molecule has 0 fully saturated rings. The molecule has 1 heterocycles. The fourth-order valence-corrected chi connectivity index (χ4v) is 3.94. The zero-order valence-corrected chi connectivity index (χ0v) is 17.9. The topological polar surface area (TPSA) is 97.1 Å². The van der Waals surface area contributed by atoms with Crippen LogP contribution in [0.15, 0.2) is 82.3 Å². The van der Waals surface area contributed by atoms with Crippen LogP contribution in [0.1, 0.15) is 16.1 Å². The maximum atomic E-state index is 12.8. The van der Waals surface area contributed by atoms with Crippen molar-refractivity contribution in [1.29, 1.82) is 0 Å². The predicted octanol–water partition coefficient (Wildman–Crippen LogP) is 2.92. The summed E-state index contributed by atoms with van der Waals surface area (Å²) in [6, 6.07) is 17.5. The second kappa shape index (κ2) is 9.48. The van der Waals surface area contributed by atoms with Crippen molar-refractivity contribution in [1.82, 2.24) is 4.90 Å². The van der Waals surface area contributed by atoms with E-state index in [-0.39, 0.29) is 17.0 Å². The molecule has 1 aromatic heterocycles. The molecule has 0 saturated carbocycles. The van der Waals surface area contributed by atoms with E-state index in [1.807, 2.05) is 0 Å². The molecule has 0 atom stereocenters. The van der Waals surface area contributed by atoms with Crippen LogP contribution in [0.2, 0.25) is 0 Å². The number of carbonyl (C=O) groups is 2. The third-order valence-electron chi connectivity index (χ3n) is 4.59. The van der Waals surface area contributed by atoms with Gasteiger partial charge in [-0.3, -0.25) is 9.10 Å². The first-order valence-electron chi connectivity index (χ1n) is 9.36. The SMILES string of the molecule is CN(Cc1ccco1)C(=O)COC(=O)c1ccc(S(=O)(=O)N(C)c2ccccc2)cc1. The zero-order valence-electron chi connectivity index (χ0n) is 17.1. The summed E-state index contributed by atoms with van der Waals surface area (Å²) in [5.74, 6) is -0.506. The molecule has 162 valence electrons. The first-order valence-corrected chi connectivity index (χ1v) is 10.8. The molecule has 3 aromatic rings. The van der Waals surface area contributed by atoms with Crippen molar-refractivity contribution >= 4 is 27.6 Å². The Labute approximate surface area is 180 Å². The number of esters is 1. The Kier molecular flexibility index (Phi) is 6.76. The predicted molar refractivity (Wildman–Crippen MR) is 114 cm³/mol. The Bertz CT molecular complexity index is 1130. The van der Waals surface area contributed by atoms with Crippen LogP contribution >= 0.6 is 0 Å². The Hall–Kier alpha value is -3.59. The molecule has 0 unspecified atom stereocenters. The number of carbonyl (C=O) groups excluding carboxylic acids is 2. The van der Waals surface area contributed by atoms with Crippen LogP contribution in [-0.2, 0) is 26.1 Å². The minimum atomic E-state index is -3.78. The zero-order chi connectivity index (χ0) is 22.4. The average molecular weight is 442 g/mol. The van der Waals surface area contributed by atoms with Gasteiger partial charge in [-0.2, -0.15) is 0 Å². The van der Waals surface area contributed by atoms with Crippen molar-refractivity contribution in [3.05, 3.63) is 84.3 Å². The van der Waals surface area contributed by atoms with Crippen molar-refractivity contribution in [3.63, 3.8) is 0 Å². The summed E-state index contributed by atoms with van der Waals surface area (Å²) in [6.45, 7) is -0.183. The highest BCUT2D eigenvalue weighted by Gasteiger charge is 2.22. The number of hydrogen-bond acceptors (Lipinski definition) is 6. The van der Waals surface area contributed by atoms with Crippen molar-refractivity contribution in [2.75, 3.05) is 25.0 Å². The first-order chi connectivity index (χ1) is 14.8. The lowest BCUT2D eigenvalue weighted by Gasteiger charge is -2.19. The molecule has 8 nitrogen and oxygen atoms in total. The molecular formula is C22H22N2O6S. The van der Waals surface area contributed by atoms with Gasteiger partial charge in [-0.05, 0) is 48.5 Å². The molecule has 3 rings (SSSR count). The number of likely N-dealkylation sites (N-methyl/N-ethyl adjacent to an activating group) is 1. The number of amides is 1. The highest BCUT2D eigenvalue weighted by Crippen LogP contribution is 2.22. The van der Waals surface area contributed by atoms with Crippen LogP contribution in [0, 0.1) is 0 Å².